The van der Waals surface area contributed by atoms with Crippen LogP contribution in [0.3, 0.4) is 0 Å². The first-order valence-corrected chi connectivity index (χ1v) is 5.53. The summed E-state index contributed by atoms with van der Waals surface area (Å²) < 4.78 is 5.16. The summed E-state index contributed by atoms with van der Waals surface area (Å²) in [6.07, 6.45) is 3.70. The number of ether oxygens (including phenoxy) is 1. The molecule has 0 aliphatic carbocycles. The second-order valence-corrected chi connectivity index (χ2v) is 3.46. The van der Waals surface area contributed by atoms with E-state index in [1.54, 1.807) is 0 Å². The van der Waals surface area contributed by atoms with Crippen molar-refractivity contribution in [2.24, 2.45) is 0 Å². The second kappa shape index (κ2) is 7.60. The number of hydrogen-bond donors (Lipinski definition) is 0. The van der Waals surface area contributed by atoms with Crippen LogP contribution in [-0.2, 0) is 9.53 Å². The van der Waals surface area contributed by atoms with Gasteiger partial charge in [0, 0.05) is 5.57 Å². The molecule has 0 spiro atoms. The van der Waals surface area contributed by atoms with Crippen LogP contribution >= 0.6 is 0 Å². The van der Waals surface area contributed by atoms with E-state index in [9.17, 15) is 4.79 Å². The van der Waals surface area contributed by atoms with Gasteiger partial charge in [0.1, 0.15) is 0 Å². The standard InChI is InChI=1S/C12H22O2/c1-5-8-9-14-12(13)11(7-3)10(4)6-2/h5-9H2,1-4H3/b11-10+. The highest BCUT2D eigenvalue weighted by molar-refractivity contribution is 5.89. The minimum Gasteiger partial charge on any atom is -0.462 e. The van der Waals surface area contributed by atoms with E-state index in [2.05, 4.69) is 13.8 Å². The zero-order chi connectivity index (χ0) is 11.0. The van der Waals surface area contributed by atoms with Gasteiger partial charge in [-0.1, -0.05) is 32.8 Å². The van der Waals surface area contributed by atoms with Crippen LogP contribution in [0.1, 0.15) is 53.4 Å². The molecule has 2 heteroatoms. The molecular formula is C12H22O2. The molecule has 0 radical (unpaired) electrons. The van der Waals surface area contributed by atoms with E-state index in [4.69, 9.17) is 4.74 Å². The Labute approximate surface area is 87.3 Å². The number of carbonyl (C=O) groups is 1. The van der Waals surface area contributed by atoms with E-state index in [0.29, 0.717) is 6.61 Å². The Bertz CT molecular complexity index is 204. The molecule has 0 unspecified atom stereocenters. The molecule has 0 saturated heterocycles. The molecule has 0 amide bonds. The maximum absolute atomic E-state index is 11.6. The first kappa shape index (κ1) is 13.2. The molecule has 0 atom stereocenters. The molecule has 0 N–H and O–H groups in total. The van der Waals surface area contributed by atoms with Crippen LogP contribution in [0.2, 0.25) is 0 Å². The summed E-state index contributed by atoms with van der Waals surface area (Å²) >= 11 is 0. The van der Waals surface area contributed by atoms with Crippen molar-refractivity contribution in [1.29, 1.82) is 0 Å². The fourth-order valence-corrected chi connectivity index (χ4v) is 1.23. The molecule has 2 nitrogen and oxygen atoms in total. The molecule has 0 aliphatic rings. The van der Waals surface area contributed by atoms with E-state index in [0.717, 1.165) is 36.8 Å². The first-order valence-electron chi connectivity index (χ1n) is 5.53. The summed E-state index contributed by atoms with van der Waals surface area (Å²) in [6.45, 7) is 8.69. The predicted octanol–water partition coefficient (Wildman–Crippen LogP) is 3.47. The maximum Gasteiger partial charge on any atom is 0.333 e. The van der Waals surface area contributed by atoms with E-state index < -0.39 is 0 Å². The quantitative estimate of drug-likeness (QED) is 0.371. The topological polar surface area (TPSA) is 26.3 Å². The van der Waals surface area contributed by atoms with Crippen molar-refractivity contribution in [2.75, 3.05) is 6.61 Å². The van der Waals surface area contributed by atoms with Gasteiger partial charge in [-0.15, -0.1) is 0 Å². The second-order valence-electron chi connectivity index (χ2n) is 3.46. The van der Waals surface area contributed by atoms with Crippen molar-refractivity contribution >= 4 is 5.97 Å². The normalized spacial score (nSPS) is 12.3. The molecule has 0 saturated carbocycles. The molecule has 0 fully saturated rings. The maximum atomic E-state index is 11.6. The van der Waals surface area contributed by atoms with E-state index in [-0.39, 0.29) is 5.97 Å². The van der Waals surface area contributed by atoms with Crippen molar-refractivity contribution in [1.82, 2.24) is 0 Å². The fraction of sp³-hybridized carbons (Fsp3) is 0.750. The van der Waals surface area contributed by atoms with Gasteiger partial charge in [0.25, 0.3) is 0 Å². The minimum atomic E-state index is -0.125. The molecule has 0 aromatic heterocycles. The van der Waals surface area contributed by atoms with Gasteiger partial charge in [-0.25, -0.2) is 4.79 Å². The van der Waals surface area contributed by atoms with Gasteiger partial charge in [0.15, 0.2) is 0 Å². The Hall–Kier alpha value is -0.790. The molecule has 0 heterocycles. The highest BCUT2D eigenvalue weighted by atomic mass is 16.5. The SMILES string of the molecule is CCCCOC(=O)/C(CC)=C(\C)CC. The summed E-state index contributed by atoms with van der Waals surface area (Å²) in [4.78, 5) is 11.6. The van der Waals surface area contributed by atoms with Gasteiger partial charge in [-0.05, 0) is 26.2 Å². The van der Waals surface area contributed by atoms with Gasteiger partial charge in [-0.2, -0.15) is 0 Å². The van der Waals surface area contributed by atoms with Crippen LogP contribution in [0.25, 0.3) is 0 Å². The third-order valence-corrected chi connectivity index (χ3v) is 2.38. The number of carbonyl (C=O) groups excluding carboxylic acids is 1. The zero-order valence-electron chi connectivity index (χ0n) is 9.85. The van der Waals surface area contributed by atoms with Gasteiger partial charge >= 0.3 is 5.97 Å². The fourth-order valence-electron chi connectivity index (χ4n) is 1.23. The Morgan fingerprint density at radius 3 is 2.21 bits per heavy atom. The van der Waals surface area contributed by atoms with E-state index in [1.807, 2.05) is 13.8 Å². The average Bonchev–Trinajstić information content (AvgIpc) is 2.19. The monoisotopic (exact) mass is 198 g/mol. The van der Waals surface area contributed by atoms with Crippen molar-refractivity contribution in [3.63, 3.8) is 0 Å². The Morgan fingerprint density at radius 1 is 1.14 bits per heavy atom. The van der Waals surface area contributed by atoms with Gasteiger partial charge in [0.05, 0.1) is 6.61 Å². The van der Waals surface area contributed by atoms with Crippen LogP contribution in [0.4, 0.5) is 0 Å². The van der Waals surface area contributed by atoms with Crippen LogP contribution in [0, 0.1) is 0 Å². The number of hydrogen-bond acceptors (Lipinski definition) is 2. The van der Waals surface area contributed by atoms with Gasteiger partial charge in [0.2, 0.25) is 0 Å². The van der Waals surface area contributed by atoms with Crippen LogP contribution in [0.15, 0.2) is 11.1 Å². The lowest BCUT2D eigenvalue weighted by atomic mass is 10.1. The Morgan fingerprint density at radius 2 is 1.79 bits per heavy atom. The largest absolute Gasteiger partial charge is 0.462 e. The molecule has 0 aliphatic heterocycles. The summed E-state index contributed by atoms with van der Waals surface area (Å²) in [7, 11) is 0. The average molecular weight is 198 g/mol. The van der Waals surface area contributed by atoms with Crippen LogP contribution in [-0.4, -0.2) is 12.6 Å². The molecule has 0 bridgehead atoms. The number of unbranched alkanes of at least 4 members (excludes halogenated alkanes) is 1. The molecule has 82 valence electrons. The highest BCUT2D eigenvalue weighted by Crippen LogP contribution is 2.13. The number of allylic oxidation sites excluding steroid dienone is 1. The lowest BCUT2D eigenvalue weighted by Gasteiger charge is -2.08. The first-order chi connectivity index (χ1) is 6.67. The Balaban J connectivity index is 4.19. The molecule has 14 heavy (non-hydrogen) atoms. The zero-order valence-corrected chi connectivity index (χ0v) is 9.85. The van der Waals surface area contributed by atoms with Gasteiger partial charge < -0.3 is 4.74 Å². The van der Waals surface area contributed by atoms with Crippen molar-refractivity contribution in [3.05, 3.63) is 11.1 Å². The van der Waals surface area contributed by atoms with E-state index >= 15 is 0 Å². The molecule has 0 rings (SSSR count). The lowest BCUT2D eigenvalue weighted by molar-refractivity contribution is -0.139. The summed E-state index contributed by atoms with van der Waals surface area (Å²) in [5.74, 6) is -0.125. The van der Waals surface area contributed by atoms with Crippen molar-refractivity contribution in [3.8, 4) is 0 Å². The summed E-state index contributed by atoms with van der Waals surface area (Å²) in [5, 5.41) is 0. The Kier molecular flexibility index (Phi) is 7.17. The summed E-state index contributed by atoms with van der Waals surface area (Å²) in [5.41, 5.74) is 2.00. The predicted molar refractivity (Wildman–Crippen MR) is 59.1 cm³/mol. The summed E-state index contributed by atoms with van der Waals surface area (Å²) in [6, 6.07) is 0. The molecule has 0 aromatic rings. The van der Waals surface area contributed by atoms with E-state index in [1.165, 1.54) is 0 Å². The molecular weight excluding hydrogens is 176 g/mol. The van der Waals surface area contributed by atoms with Crippen LogP contribution < -0.4 is 0 Å². The van der Waals surface area contributed by atoms with Crippen LogP contribution in [0.5, 0.6) is 0 Å². The highest BCUT2D eigenvalue weighted by Gasteiger charge is 2.10. The molecule has 0 aromatic carbocycles. The lowest BCUT2D eigenvalue weighted by Crippen LogP contribution is -2.10. The van der Waals surface area contributed by atoms with Crippen molar-refractivity contribution < 1.29 is 9.53 Å². The third kappa shape index (κ3) is 4.45. The van der Waals surface area contributed by atoms with Gasteiger partial charge in [-0.3, -0.25) is 0 Å². The third-order valence-electron chi connectivity index (χ3n) is 2.38. The number of rotatable bonds is 6. The minimum absolute atomic E-state index is 0.125. The number of esters is 1. The van der Waals surface area contributed by atoms with Crippen molar-refractivity contribution in [2.45, 2.75) is 53.4 Å². The smallest absolute Gasteiger partial charge is 0.333 e.